The van der Waals surface area contributed by atoms with Crippen molar-refractivity contribution in [3.05, 3.63) is 0 Å². The zero-order chi connectivity index (χ0) is 9.02. The van der Waals surface area contributed by atoms with Gasteiger partial charge >= 0.3 is 0 Å². The molecule has 0 heterocycles. The van der Waals surface area contributed by atoms with Gasteiger partial charge < -0.3 is 9.90 Å². The monoisotopic (exact) mass is 158 g/mol. The molecule has 0 spiro atoms. The molecule has 0 N–H and O–H groups in total. The van der Waals surface area contributed by atoms with Crippen LogP contribution in [0.5, 0.6) is 0 Å². The van der Waals surface area contributed by atoms with Gasteiger partial charge in [-0.25, -0.2) is 0 Å². The number of aliphatic carboxylic acids is 1. The molecular formula is C8H16NO2-. The Morgan fingerprint density at radius 2 is 1.64 bits per heavy atom. The highest BCUT2D eigenvalue weighted by Gasteiger charge is 2.12. The minimum atomic E-state index is -1.01. The van der Waals surface area contributed by atoms with E-state index in [0.717, 1.165) is 0 Å². The summed E-state index contributed by atoms with van der Waals surface area (Å²) in [5.74, 6) is -1.01. The lowest BCUT2D eigenvalue weighted by Crippen LogP contribution is -2.45. The van der Waals surface area contributed by atoms with Crippen LogP contribution in [0.25, 0.3) is 0 Å². The fourth-order valence-electron chi connectivity index (χ4n) is 1.11. The number of carboxylic acid groups (broad SMARTS) is 1. The van der Waals surface area contributed by atoms with Crippen LogP contribution in [0.3, 0.4) is 0 Å². The minimum absolute atomic E-state index is 0.0231. The van der Waals surface area contributed by atoms with Gasteiger partial charge in [0.05, 0.1) is 5.97 Å². The van der Waals surface area contributed by atoms with E-state index in [1.807, 2.05) is 32.6 Å². The van der Waals surface area contributed by atoms with E-state index < -0.39 is 5.97 Å². The summed E-state index contributed by atoms with van der Waals surface area (Å²) in [6.07, 6.45) is 0. The lowest BCUT2D eigenvalue weighted by Gasteiger charge is -2.30. The van der Waals surface area contributed by atoms with Crippen molar-refractivity contribution in [2.24, 2.45) is 0 Å². The van der Waals surface area contributed by atoms with Gasteiger partial charge in [-0.05, 0) is 27.7 Å². The van der Waals surface area contributed by atoms with Gasteiger partial charge in [0.15, 0.2) is 0 Å². The Balaban J connectivity index is 4.00. The van der Waals surface area contributed by atoms with Gasteiger partial charge in [0.25, 0.3) is 0 Å². The molecule has 0 aromatic heterocycles. The van der Waals surface area contributed by atoms with Crippen LogP contribution in [0.15, 0.2) is 0 Å². The van der Waals surface area contributed by atoms with Gasteiger partial charge in [0, 0.05) is 18.6 Å². The maximum absolute atomic E-state index is 10.3. The molecule has 3 heteroatoms. The Morgan fingerprint density at radius 3 is 1.73 bits per heavy atom. The highest BCUT2D eigenvalue weighted by Crippen LogP contribution is 2.02. The molecule has 0 saturated heterocycles. The third-order valence-electron chi connectivity index (χ3n) is 1.64. The molecule has 0 aliphatic rings. The van der Waals surface area contributed by atoms with Crippen LogP contribution in [0.2, 0.25) is 0 Å². The summed E-state index contributed by atoms with van der Waals surface area (Å²) in [5, 5.41) is 10.3. The van der Waals surface area contributed by atoms with Crippen LogP contribution in [-0.4, -0.2) is 29.5 Å². The first-order valence-corrected chi connectivity index (χ1v) is 3.90. The van der Waals surface area contributed by atoms with Crippen molar-refractivity contribution in [3.8, 4) is 0 Å². The summed E-state index contributed by atoms with van der Waals surface area (Å²) in [5.41, 5.74) is 0. The molecule has 0 unspecified atom stereocenters. The molecule has 11 heavy (non-hydrogen) atoms. The Labute approximate surface area is 68.0 Å². The maximum atomic E-state index is 10.3. The fraction of sp³-hybridized carbons (Fsp3) is 0.875. The van der Waals surface area contributed by atoms with Crippen LogP contribution in [0.1, 0.15) is 27.7 Å². The quantitative estimate of drug-likeness (QED) is 0.571. The van der Waals surface area contributed by atoms with Gasteiger partial charge in [0.1, 0.15) is 0 Å². The first kappa shape index (κ1) is 10.4. The summed E-state index contributed by atoms with van der Waals surface area (Å²) < 4.78 is 0. The van der Waals surface area contributed by atoms with Crippen LogP contribution in [-0.2, 0) is 4.79 Å². The van der Waals surface area contributed by atoms with Crippen molar-refractivity contribution in [3.63, 3.8) is 0 Å². The predicted octanol–water partition coefficient (Wildman–Crippen LogP) is -0.145. The molecule has 0 aliphatic carbocycles. The van der Waals surface area contributed by atoms with Gasteiger partial charge in [-0.15, -0.1) is 0 Å². The summed E-state index contributed by atoms with van der Waals surface area (Å²) in [7, 11) is 0. The zero-order valence-corrected chi connectivity index (χ0v) is 7.63. The van der Waals surface area contributed by atoms with Crippen LogP contribution in [0.4, 0.5) is 0 Å². The lowest BCUT2D eigenvalue weighted by atomic mass is 10.2. The number of carbonyl (C=O) groups excluding carboxylic acids is 1. The third-order valence-corrected chi connectivity index (χ3v) is 1.64. The van der Waals surface area contributed by atoms with Gasteiger partial charge in [-0.1, -0.05) is 0 Å². The molecule has 66 valence electrons. The second kappa shape index (κ2) is 4.34. The first-order valence-electron chi connectivity index (χ1n) is 3.90. The molecule has 0 saturated carbocycles. The number of hydrogen-bond acceptors (Lipinski definition) is 3. The van der Waals surface area contributed by atoms with Crippen LogP contribution >= 0.6 is 0 Å². The molecule has 0 amide bonds. The molecule has 0 rings (SSSR count). The summed E-state index contributed by atoms with van der Waals surface area (Å²) in [6.45, 7) is 7.92. The average Bonchev–Trinajstić information content (AvgIpc) is 1.81. The van der Waals surface area contributed by atoms with Crippen molar-refractivity contribution < 1.29 is 9.90 Å². The molecule has 0 aliphatic heterocycles. The lowest BCUT2D eigenvalue weighted by molar-refractivity contribution is -0.307. The average molecular weight is 158 g/mol. The van der Waals surface area contributed by atoms with E-state index in [-0.39, 0.29) is 18.6 Å². The molecular weight excluding hydrogens is 142 g/mol. The number of hydrogen-bond donors (Lipinski definition) is 0. The molecule has 0 fully saturated rings. The van der Waals surface area contributed by atoms with Crippen molar-refractivity contribution in [1.29, 1.82) is 0 Å². The second-order valence-electron chi connectivity index (χ2n) is 3.23. The Morgan fingerprint density at radius 1 is 1.27 bits per heavy atom. The smallest absolute Gasteiger partial charge is 0.0555 e. The topological polar surface area (TPSA) is 43.4 Å². The Kier molecular flexibility index (Phi) is 4.11. The number of nitrogens with zero attached hydrogens (tertiary/aromatic N) is 1. The molecule has 0 radical (unpaired) electrons. The van der Waals surface area contributed by atoms with Crippen molar-refractivity contribution in [2.45, 2.75) is 39.8 Å². The zero-order valence-electron chi connectivity index (χ0n) is 7.63. The van der Waals surface area contributed by atoms with E-state index in [9.17, 15) is 9.90 Å². The van der Waals surface area contributed by atoms with E-state index in [2.05, 4.69) is 0 Å². The summed E-state index contributed by atoms with van der Waals surface area (Å²) in [6, 6.07) is 0.515. The largest absolute Gasteiger partial charge is 0.549 e. The molecule has 0 aromatic rings. The van der Waals surface area contributed by atoms with Gasteiger partial charge in [-0.3, -0.25) is 4.90 Å². The Hall–Kier alpha value is -0.570. The van der Waals surface area contributed by atoms with E-state index in [1.54, 1.807) is 0 Å². The SMILES string of the molecule is CC(C)N(CC(=O)[O-])C(C)C. The molecule has 3 nitrogen and oxygen atoms in total. The van der Waals surface area contributed by atoms with Crippen LogP contribution < -0.4 is 5.11 Å². The summed E-state index contributed by atoms with van der Waals surface area (Å²) >= 11 is 0. The van der Waals surface area contributed by atoms with E-state index >= 15 is 0 Å². The highest BCUT2D eigenvalue weighted by atomic mass is 16.4. The van der Waals surface area contributed by atoms with Gasteiger partial charge in [0.2, 0.25) is 0 Å². The Bertz CT molecular complexity index is 124. The number of carboxylic acids is 1. The molecule has 0 bridgehead atoms. The number of carbonyl (C=O) groups is 1. The van der Waals surface area contributed by atoms with Gasteiger partial charge in [-0.2, -0.15) is 0 Å². The third kappa shape index (κ3) is 3.98. The predicted molar refractivity (Wildman–Crippen MR) is 42.0 cm³/mol. The number of rotatable bonds is 4. The van der Waals surface area contributed by atoms with Crippen molar-refractivity contribution in [1.82, 2.24) is 4.90 Å². The van der Waals surface area contributed by atoms with Crippen molar-refractivity contribution >= 4 is 5.97 Å². The van der Waals surface area contributed by atoms with Crippen LogP contribution in [0, 0.1) is 0 Å². The minimum Gasteiger partial charge on any atom is -0.549 e. The van der Waals surface area contributed by atoms with E-state index in [0.29, 0.717) is 0 Å². The van der Waals surface area contributed by atoms with E-state index in [4.69, 9.17) is 0 Å². The maximum Gasteiger partial charge on any atom is 0.0555 e. The molecule has 0 aromatic carbocycles. The normalized spacial score (nSPS) is 11.5. The molecule has 0 atom stereocenters. The second-order valence-corrected chi connectivity index (χ2v) is 3.23. The standard InChI is InChI=1S/C8H17NO2/c1-6(2)9(7(3)4)5-8(10)11/h6-7H,5H2,1-4H3,(H,10,11)/p-1. The summed E-state index contributed by atoms with van der Waals surface area (Å²) in [4.78, 5) is 12.1. The first-order chi connectivity index (χ1) is 4.95. The highest BCUT2D eigenvalue weighted by molar-refractivity contribution is 5.66. The fourth-order valence-corrected chi connectivity index (χ4v) is 1.11. The van der Waals surface area contributed by atoms with E-state index in [1.165, 1.54) is 0 Å². The van der Waals surface area contributed by atoms with Crippen molar-refractivity contribution in [2.75, 3.05) is 6.54 Å².